The van der Waals surface area contributed by atoms with Gasteiger partial charge in [-0.15, -0.1) is 10.2 Å². The molecule has 2 aromatic heterocycles. The lowest BCUT2D eigenvalue weighted by atomic mass is 10.2. The molecule has 36 heavy (non-hydrogen) atoms. The molecule has 0 bridgehead atoms. The van der Waals surface area contributed by atoms with E-state index < -0.39 is 11.7 Å². The van der Waals surface area contributed by atoms with E-state index >= 15 is 0 Å². The molecule has 0 atom stereocenters. The van der Waals surface area contributed by atoms with Crippen LogP contribution in [0.2, 0.25) is 0 Å². The number of fused-ring (bicyclic) bond motifs is 1. The van der Waals surface area contributed by atoms with E-state index in [1.54, 1.807) is 10.6 Å². The van der Waals surface area contributed by atoms with E-state index in [0.29, 0.717) is 16.1 Å². The van der Waals surface area contributed by atoms with Crippen molar-refractivity contribution < 1.29 is 14.0 Å². The Balaban J connectivity index is 1.30. The highest BCUT2D eigenvalue weighted by atomic mass is 32.2. The number of thioether (sulfide) groups is 1. The molecule has 180 valence electrons. The first-order valence-corrected chi connectivity index (χ1v) is 12.7. The number of para-hydroxylation sites is 2. The highest BCUT2D eigenvalue weighted by molar-refractivity contribution is 7.99. The normalized spacial score (nSPS) is 10.9. The number of rotatable bonds is 8. The van der Waals surface area contributed by atoms with E-state index in [1.807, 2.05) is 54.6 Å². The first-order valence-electron chi connectivity index (χ1n) is 10.9. The molecule has 0 spiro atoms. The van der Waals surface area contributed by atoms with Gasteiger partial charge in [0.25, 0.3) is 5.91 Å². The van der Waals surface area contributed by atoms with E-state index in [-0.39, 0.29) is 23.8 Å². The predicted molar refractivity (Wildman–Crippen MR) is 138 cm³/mol. The summed E-state index contributed by atoms with van der Waals surface area (Å²) >= 11 is 2.62. The summed E-state index contributed by atoms with van der Waals surface area (Å²) in [5.74, 6) is -0.853. The van der Waals surface area contributed by atoms with Crippen molar-refractivity contribution >= 4 is 50.3 Å². The summed E-state index contributed by atoms with van der Waals surface area (Å²) in [6.45, 7) is 0.0214. The molecule has 5 rings (SSSR count). The van der Waals surface area contributed by atoms with Crippen molar-refractivity contribution in [2.75, 3.05) is 11.1 Å². The zero-order chi connectivity index (χ0) is 24.9. The first-order chi connectivity index (χ1) is 17.6. The van der Waals surface area contributed by atoms with Crippen molar-refractivity contribution in [2.45, 2.75) is 11.7 Å². The van der Waals surface area contributed by atoms with Crippen LogP contribution in [-0.4, -0.2) is 37.3 Å². The highest BCUT2D eigenvalue weighted by Crippen LogP contribution is 2.26. The van der Waals surface area contributed by atoms with Crippen molar-refractivity contribution in [1.29, 1.82) is 0 Å². The molecule has 0 aliphatic carbocycles. The van der Waals surface area contributed by atoms with E-state index in [2.05, 4.69) is 25.8 Å². The first kappa shape index (κ1) is 23.6. The minimum absolute atomic E-state index is 0.0214. The second kappa shape index (κ2) is 10.7. The number of anilines is 1. The van der Waals surface area contributed by atoms with Gasteiger partial charge in [-0.2, -0.15) is 0 Å². The van der Waals surface area contributed by atoms with Gasteiger partial charge in [-0.3, -0.25) is 14.2 Å². The monoisotopic (exact) mass is 518 g/mol. The lowest BCUT2D eigenvalue weighted by molar-refractivity contribution is -0.113. The van der Waals surface area contributed by atoms with Gasteiger partial charge in [0.2, 0.25) is 5.91 Å². The van der Waals surface area contributed by atoms with Crippen LogP contribution in [0.15, 0.2) is 84.0 Å². The van der Waals surface area contributed by atoms with Gasteiger partial charge in [-0.25, -0.2) is 9.37 Å². The third-order valence-corrected chi connectivity index (χ3v) is 6.99. The van der Waals surface area contributed by atoms with E-state index in [0.717, 1.165) is 15.9 Å². The summed E-state index contributed by atoms with van der Waals surface area (Å²) in [4.78, 5) is 29.5. The Labute approximate surface area is 213 Å². The average molecular weight is 519 g/mol. The second-order valence-electron chi connectivity index (χ2n) is 7.56. The average Bonchev–Trinajstić information content (AvgIpc) is 3.50. The van der Waals surface area contributed by atoms with E-state index in [9.17, 15) is 14.0 Å². The fraction of sp³-hybridized carbons (Fsp3) is 0.0800. The summed E-state index contributed by atoms with van der Waals surface area (Å²) in [7, 11) is 0. The molecule has 0 saturated carbocycles. The molecular formula is C25H19FN6O2S2. The quantitative estimate of drug-likeness (QED) is 0.289. The number of thiazole rings is 1. The molecule has 0 fully saturated rings. The van der Waals surface area contributed by atoms with Crippen LogP contribution in [0.4, 0.5) is 9.52 Å². The molecule has 8 nitrogen and oxygen atoms in total. The SMILES string of the molecule is O=C(CSc1nnc(CNC(=O)c2ccccc2F)n1-c1ccccc1)Nc1nc2ccccc2s1. The predicted octanol–water partition coefficient (Wildman–Crippen LogP) is 4.68. The molecule has 11 heteroatoms. The van der Waals surface area contributed by atoms with Gasteiger partial charge < -0.3 is 10.6 Å². The Morgan fingerprint density at radius 1 is 0.944 bits per heavy atom. The summed E-state index contributed by atoms with van der Waals surface area (Å²) in [6, 6.07) is 22.8. The van der Waals surface area contributed by atoms with Gasteiger partial charge in [-0.1, -0.05) is 65.6 Å². The minimum Gasteiger partial charge on any atom is -0.345 e. The second-order valence-corrected chi connectivity index (χ2v) is 9.53. The smallest absolute Gasteiger partial charge is 0.254 e. The Morgan fingerprint density at radius 3 is 2.50 bits per heavy atom. The van der Waals surface area contributed by atoms with E-state index in [4.69, 9.17) is 0 Å². The van der Waals surface area contributed by atoms with Crippen LogP contribution in [0.3, 0.4) is 0 Å². The lowest BCUT2D eigenvalue weighted by Gasteiger charge is -2.11. The van der Waals surface area contributed by atoms with Crippen LogP contribution in [0.25, 0.3) is 15.9 Å². The number of nitrogens with one attached hydrogen (secondary N) is 2. The Bertz CT molecular complexity index is 1500. The summed E-state index contributed by atoms with van der Waals surface area (Å²) in [5, 5.41) is 15.0. The molecule has 2 amide bonds. The Morgan fingerprint density at radius 2 is 1.69 bits per heavy atom. The Kier molecular flexibility index (Phi) is 7.01. The largest absolute Gasteiger partial charge is 0.345 e. The number of amides is 2. The van der Waals surface area contributed by atoms with Crippen LogP contribution < -0.4 is 10.6 Å². The van der Waals surface area contributed by atoms with Crippen LogP contribution in [-0.2, 0) is 11.3 Å². The van der Waals surface area contributed by atoms with Crippen molar-refractivity contribution in [3.05, 3.63) is 96.1 Å². The fourth-order valence-corrected chi connectivity index (χ4v) is 5.11. The summed E-state index contributed by atoms with van der Waals surface area (Å²) < 4.78 is 16.7. The topological polar surface area (TPSA) is 102 Å². The van der Waals surface area contributed by atoms with Crippen LogP contribution >= 0.6 is 23.1 Å². The molecule has 5 aromatic rings. The number of benzene rings is 3. The number of nitrogens with zero attached hydrogens (tertiary/aromatic N) is 4. The van der Waals surface area contributed by atoms with Gasteiger partial charge >= 0.3 is 0 Å². The summed E-state index contributed by atoms with van der Waals surface area (Å²) in [5.41, 5.74) is 1.55. The molecular weight excluding hydrogens is 499 g/mol. The number of halogens is 1. The maximum atomic E-state index is 14.0. The van der Waals surface area contributed by atoms with Crippen LogP contribution in [0, 0.1) is 5.82 Å². The maximum absolute atomic E-state index is 14.0. The number of aromatic nitrogens is 4. The van der Waals surface area contributed by atoms with Crippen LogP contribution in [0.1, 0.15) is 16.2 Å². The molecule has 0 unspecified atom stereocenters. The van der Waals surface area contributed by atoms with Gasteiger partial charge in [0.15, 0.2) is 16.1 Å². The number of carbonyl (C=O) groups excluding carboxylic acids is 2. The van der Waals surface area contributed by atoms with Gasteiger partial charge in [-0.05, 0) is 36.4 Å². The van der Waals surface area contributed by atoms with Crippen molar-refractivity contribution in [2.24, 2.45) is 0 Å². The maximum Gasteiger partial charge on any atom is 0.254 e. The van der Waals surface area contributed by atoms with Crippen molar-refractivity contribution in [3.8, 4) is 5.69 Å². The van der Waals surface area contributed by atoms with E-state index in [1.165, 1.54) is 41.3 Å². The number of hydrogen-bond donors (Lipinski definition) is 2. The summed E-state index contributed by atoms with van der Waals surface area (Å²) in [6.07, 6.45) is 0. The fourth-order valence-electron chi connectivity index (χ4n) is 3.46. The third kappa shape index (κ3) is 5.26. The van der Waals surface area contributed by atoms with Gasteiger partial charge in [0.1, 0.15) is 5.82 Å². The molecule has 0 saturated heterocycles. The van der Waals surface area contributed by atoms with Crippen molar-refractivity contribution in [3.63, 3.8) is 0 Å². The number of carbonyl (C=O) groups is 2. The standard InChI is InChI=1S/C25H19FN6O2S2/c26-18-11-5-4-10-17(18)23(34)27-14-21-30-31-25(32(21)16-8-2-1-3-9-16)35-15-22(33)29-24-28-19-12-6-7-13-20(19)36-24/h1-13H,14-15H2,(H,27,34)(H,28,29,33). The van der Waals surface area contributed by atoms with Crippen molar-refractivity contribution in [1.82, 2.24) is 25.1 Å². The highest BCUT2D eigenvalue weighted by Gasteiger charge is 2.18. The minimum atomic E-state index is -0.602. The third-order valence-electron chi connectivity index (χ3n) is 5.11. The van der Waals surface area contributed by atoms with Gasteiger partial charge in [0.05, 0.1) is 28.1 Å². The van der Waals surface area contributed by atoms with Crippen LogP contribution in [0.5, 0.6) is 0 Å². The molecule has 0 radical (unpaired) electrons. The van der Waals surface area contributed by atoms with Gasteiger partial charge in [0, 0.05) is 5.69 Å². The Hall–Kier alpha value is -4.09. The molecule has 0 aliphatic rings. The zero-order valence-corrected chi connectivity index (χ0v) is 20.4. The number of hydrogen-bond acceptors (Lipinski definition) is 7. The molecule has 0 aliphatic heterocycles. The molecule has 2 heterocycles. The molecule has 3 aromatic carbocycles. The molecule has 2 N–H and O–H groups in total. The zero-order valence-electron chi connectivity index (χ0n) is 18.7. The lowest BCUT2D eigenvalue weighted by Crippen LogP contribution is -2.25.